The number of carbonyl (C=O) groups excluding carboxylic acids is 1. The Balaban J connectivity index is 1.40. The summed E-state index contributed by atoms with van der Waals surface area (Å²) in [5, 5.41) is 9.44. The monoisotopic (exact) mass is 506 g/mol. The second-order valence-corrected chi connectivity index (χ2v) is 9.90. The van der Waals surface area contributed by atoms with Crippen LogP contribution in [0.3, 0.4) is 0 Å². The van der Waals surface area contributed by atoms with E-state index in [2.05, 4.69) is 4.98 Å². The summed E-state index contributed by atoms with van der Waals surface area (Å²) >= 11 is 0. The molecule has 0 unspecified atom stereocenters. The van der Waals surface area contributed by atoms with Crippen LogP contribution in [0.4, 0.5) is 4.79 Å². The first kappa shape index (κ1) is 26.3. The number of hydrogen-bond donors (Lipinski definition) is 1. The highest BCUT2D eigenvalue weighted by Gasteiger charge is 2.38. The highest BCUT2D eigenvalue weighted by molar-refractivity contribution is 5.70. The predicted octanol–water partition coefficient (Wildman–Crippen LogP) is 5.55. The zero-order valence-electron chi connectivity index (χ0n) is 21.6. The number of benzene rings is 2. The second-order valence-electron chi connectivity index (χ2n) is 9.90. The Labute approximate surface area is 217 Å². The van der Waals surface area contributed by atoms with Crippen LogP contribution in [0, 0.1) is 18.8 Å². The van der Waals surface area contributed by atoms with Gasteiger partial charge in [0.2, 0.25) is 5.89 Å². The van der Waals surface area contributed by atoms with Crippen molar-refractivity contribution < 1.29 is 28.6 Å². The van der Waals surface area contributed by atoms with Crippen molar-refractivity contribution in [1.29, 1.82) is 0 Å². The largest absolute Gasteiger partial charge is 0.493 e. The molecule has 196 valence electrons. The third-order valence-corrected chi connectivity index (χ3v) is 6.48. The van der Waals surface area contributed by atoms with Crippen molar-refractivity contribution in [2.24, 2.45) is 11.8 Å². The number of carbonyl (C=O) groups is 2. The van der Waals surface area contributed by atoms with E-state index >= 15 is 0 Å². The summed E-state index contributed by atoms with van der Waals surface area (Å²) in [4.78, 5) is 30.3. The molecule has 4 rings (SSSR count). The van der Waals surface area contributed by atoms with Crippen molar-refractivity contribution >= 4 is 12.1 Å². The van der Waals surface area contributed by atoms with Crippen LogP contribution in [0.15, 0.2) is 59.0 Å². The average molecular weight is 507 g/mol. The summed E-state index contributed by atoms with van der Waals surface area (Å²) in [7, 11) is 0. The Morgan fingerprint density at radius 2 is 1.92 bits per heavy atom. The molecule has 2 heterocycles. The molecule has 3 aromatic rings. The number of carboxylic acids is 1. The van der Waals surface area contributed by atoms with Gasteiger partial charge in [0.1, 0.15) is 11.5 Å². The van der Waals surface area contributed by atoms with Gasteiger partial charge < -0.3 is 23.9 Å². The van der Waals surface area contributed by atoms with Crippen LogP contribution in [-0.2, 0) is 16.0 Å². The number of aliphatic carboxylic acids is 1. The molecule has 1 amide bonds. The number of oxazole rings is 1. The van der Waals surface area contributed by atoms with Crippen LogP contribution in [0.5, 0.6) is 5.75 Å². The van der Waals surface area contributed by atoms with E-state index in [1.54, 1.807) is 4.90 Å². The number of likely N-dealkylation sites (tertiary alicyclic amines) is 1. The molecule has 0 radical (unpaired) electrons. The zero-order valence-corrected chi connectivity index (χ0v) is 21.6. The molecule has 37 heavy (non-hydrogen) atoms. The molecular weight excluding hydrogens is 472 g/mol. The molecule has 2 aromatic carbocycles. The summed E-state index contributed by atoms with van der Waals surface area (Å²) in [5.74, 6) is 1.10. The minimum Gasteiger partial charge on any atom is -0.493 e. The molecule has 0 spiro atoms. The Bertz CT molecular complexity index is 1210. The third-order valence-electron chi connectivity index (χ3n) is 6.48. The van der Waals surface area contributed by atoms with Crippen molar-refractivity contribution in [3.8, 4) is 17.2 Å². The highest BCUT2D eigenvalue weighted by Crippen LogP contribution is 2.36. The molecule has 8 heteroatoms. The van der Waals surface area contributed by atoms with Crippen LogP contribution in [-0.4, -0.2) is 53.4 Å². The SMILES string of the molecule is Cc1oc(-c2ccccc2)nc1CCOc1cccc([C@@H]2CN(C(=O)OCC(C)C)C[C@@H]2CC(=O)O)c1. The Morgan fingerprint density at radius 3 is 2.65 bits per heavy atom. The van der Waals surface area contributed by atoms with Gasteiger partial charge in [-0.15, -0.1) is 0 Å². The van der Waals surface area contributed by atoms with E-state index in [0.29, 0.717) is 44.4 Å². The molecule has 1 N–H and O–H groups in total. The lowest BCUT2D eigenvalue weighted by Crippen LogP contribution is -2.30. The van der Waals surface area contributed by atoms with Crippen LogP contribution in [0.25, 0.3) is 11.5 Å². The van der Waals surface area contributed by atoms with E-state index in [9.17, 15) is 14.7 Å². The normalized spacial score (nSPS) is 17.2. The van der Waals surface area contributed by atoms with E-state index in [1.807, 2.05) is 75.4 Å². The third kappa shape index (κ3) is 6.90. The Morgan fingerprint density at radius 1 is 1.14 bits per heavy atom. The van der Waals surface area contributed by atoms with Gasteiger partial charge in [0.05, 0.1) is 25.3 Å². The number of nitrogens with zero attached hydrogens (tertiary/aromatic N) is 2. The minimum absolute atomic E-state index is 0.0150. The number of ether oxygens (including phenoxy) is 2. The first-order chi connectivity index (χ1) is 17.8. The van der Waals surface area contributed by atoms with Crippen LogP contribution in [0.2, 0.25) is 0 Å². The fraction of sp³-hybridized carbons (Fsp3) is 0.414. The van der Waals surface area contributed by atoms with Crippen LogP contribution in [0.1, 0.15) is 43.2 Å². The van der Waals surface area contributed by atoms with Gasteiger partial charge in [-0.05, 0) is 48.6 Å². The molecular formula is C29H34N2O6. The summed E-state index contributed by atoms with van der Waals surface area (Å²) in [5.41, 5.74) is 2.73. The fourth-order valence-electron chi connectivity index (χ4n) is 4.62. The fourth-order valence-corrected chi connectivity index (χ4v) is 4.62. The van der Waals surface area contributed by atoms with Crippen molar-refractivity contribution in [3.63, 3.8) is 0 Å². The van der Waals surface area contributed by atoms with Gasteiger partial charge in [-0.1, -0.05) is 44.2 Å². The zero-order chi connectivity index (χ0) is 26.4. The molecule has 1 aliphatic heterocycles. The van der Waals surface area contributed by atoms with E-state index in [4.69, 9.17) is 13.9 Å². The van der Waals surface area contributed by atoms with E-state index in [1.165, 1.54) is 0 Å². The molecule has 0 saturated carbocycles. The standard InChI is InChI=1S/C29H34N2O6/c1-19(2)18-36-29(34)31-16-23(15-27(32)33)25(17-31)22-10-7-11-24(14-22)35-13-12-26-20(3)37-28(30-26)21-8-5-4-6-9-21/h4-11,14,19,23,25H,12-13,15-18H2,1-3H3,(H,32,33)/t23-,25-/m0/s1. The molecule has 1 saturated heterocycles. The molecule has 1 aliphatic rings. The van der Waals surface area contributed by atoms with E-state index < -0.39 is 12.1 Å². The van der Waals surface area contributed by atoms with Crippen molar-refractivity contribution in [2.45, 2.75) is 39.5 Å². The number of aryl methyl sites for hydroxylation is 1. The molecule has 0 aliphatic carbocycles. The first-order valence-electron chi connectivity index (χ1n) is 12.7. The van der Waals surface area contributed by atoms with Crippen LogP contribution < -0.4 is 4.74 Å². The first-order valence-corrected chi connectivity index (χ1v) is 12.7. The summed E-state index contributed by atoms with van der Waals surface area (Å²) < 4.78 is 17.3. The van der Waals surface area contributed by atoms with Crippen molar-refractivity contribution in [2.75, 3.05) is 26.3 Å². The maximum Gasteiger partial charge on any atom is 0.409 e. The maximum absolute atomic E-state index is 12.5. The molecule has 2 atom stereocenters. The van der Waals surface area contributed by atoms with Crippen molar-refractivity contribution in [1.82, 2.24) is 9.88 Å². The van der Waals surface area contributed by atoms with E-state index in [-0.39, 0.29) is 24.2 Å². The lowest BCUT2D eigenvalue weighted by molar-refractivity contribution is -0.138. The second kappa shape index (κ2) is 12.0. The van der Waals surface area contributed by atoms with Gasteiger partial charge in [0.25, 0.3) is 0 Å². The van der Waals surface area contributed by atoms with E-state index in [0.717, 1.165) is 22.6 Å². The number of hydrogen-bond acceptors (Lipinski definition) is 6. The van der Waals surface area contributed by atoms with Gasteiger partial charge in [0, 0.05) is 31.0 Å². The van der Waals surface area contributed by atoms with Crippen molar-refractivity contribution in [3.05, 3.63) is 71.6 Å². The topological polar surface area (TPSA) is 102 Å². The van der Waals surface area contributed by atoms with Gasteiger partial charge in [-0.3, -0.25) is 4.79 Å². The predicted molar refractivity (Wildman–Crippen MR) is 139 cm³/mol. The van der Waals surface area contributed by atoms with Gasteiger partial charge in [-0.2, -0.15) is 0 Å². The van der Waals surface area contributed by atoms with Crippen LogP contribution >= 0.6 is 0 Å². The lowest BCUT2D eigenvalue weighted by atomic mass is 9.87. The number of rotatable bonds is 10. The summed E-state index contributed by atoms with van der Waals surface area (Å²) in [6, 6.07) is 17.4. The highest BCUT2D eigenvalue weighted by atomic mass is 16.6. The van der Waals surface area contributed by atoms with Gasteiger partial charge >= 0.3 is 12.1 Å². The number of aromatic nitrogens is 1. The maximum atomic E-state index is 12.5. The summed E-state index contributed by atoms with van der Waals surface area (Å²) in [6.45, 7) is 7.38. The molecule has 1 fully saturated rings. The minimum atomic E-state index is -0.877. The summed E-state index contributed by atoms with van der Waals surface area (Å²) in [6.07, 6.45) is 0.183. The van der Waals surface area contributed by atoms with Gasteiger partial charge in [0.15, 0.2) is 0 Å². The number of carboxylic acid groups (broad SMARTS) is 1. The number of amides is 1. The van der Waals surface area contributed by atoms with Gasteiger partial charge in [-0.25, -0.2) is 9.78 Å². The molecule has 8 nitrogen and oxygen atoms in total. The quantitative estimate of drug-likeness (QED) is 0.384. The molecule has 0 bridgehead atoms. The Hall–Kier alpha value is -3.81. The average Bonchev–Trinajstić information content (AvgIpc) is 3.46. The molecule has 1 aromatic heterocycles. The lowest BCUT2D eigenvalue weighted by Gasteiger charge is -2.18. The Kier molecular flexibility index (Phi) is 8.48. The smallest absolute Gasteiger partial charge is 0.409 e.